The molecule has 0 aliphatic carbocycles. The van der Waals surface area contributed by atoms with Gasteiger partial charge in [-0.25, -0.2) is 0 Å². The van der Waals surface area contributed by atoms with Gasteiger partial charge in [0.25, 0.3) is 0 Å². The third kappa shape index (κ3) is 5.33. The fourth-order valence-electron chi connectivity index (χ4n) is 2.16. The lowest BCUT2D eigenvalue weighted by Crippen LogP contribution is -2.50. The van der Waals surface area contributed by atoms with Gasteiger partial charge in [-0.05, 0) is 19.4 Å². The van der Waals surface area contributed by atoms with E-state index in [1.807, 2.05) is 11.8 Å². The standard InChI is InChI=1S/C13H27N3O2/c1-3-18-9-4-13(17)16-7-5-15(6-8-16)11-12(2)10-14/h12H,3-11,14H2,1-2H3. The van der Waals surface area contributed by atoms with E-state index in [4.69, 9.17) is 10.5 Å². The molecule has 0 aromatic rings. The zero-order valence-electron chi connectivity index (χ0n) is 11.7. The van der Waals surface area contributed by atoms with Crippen LogP contribution in [0.3, 0.4) is 0 Å². The zero-order chi connectivity index (χ0) is 13.4. The Balaban J connectivity index is 2.20. The first kappa shape index (κ1) is 15.4. The number of ether oxygens (including phenoxy) is 1. The van der Waals surface area contributed by atoms with Gasteiger partial charge < -0.3 is 15.4 Å². The topological polar surface area (TPSA) is 58.8 Å². The summed E-state index contributed by atoms with van der Waals surface area (Å²) in [5.41, 5.74) is 5.63. The Morgan fingerprint density at radius 3 is 2.56 bits per heavy atom. The van der Waals surface area contributed by atoms with Gasteiger partial charge in [0.15, 0.2) is 0 Å². The molecule has 1 aliphatic heterocycles. The van der Waals surface area contributed by atoms with Gasteiger partial charge in [0.2, 0.25) is 5.91 Å². The number of amides is 1. The molecule has 0 aromatic carbocycles. The van der Waals surface area contributed by atoms with Crippen LogP contribution in [0.4, 0.5) is 0 Å². The Morgan fingerprint density at radius 2 is 2.00 bits per heavy atom. The number of hydrogen-bond acceptors (Lipinski definition) is 4. The van der Waals surface area contributed by atoms with Crippen LogP contribution < -0.4 is 5.73 Å². The minimum Gasteiger partial charge on any atom is -0.381 e. The fourth-order valence-corrected chi connectivity index (χ4v) is 2.16. The van der Waals surface area contributed by atoms with Crippen molar-refractivity contribution < 1.29 is 9.53 Å². The minimum atomic E-state index is 0.218. The molecule has 1 fully saturated rings. The van der Waals surface area contributed by atoms with E-state index in [2.05, 4.69) is 11.8 Å². The molecule has 1 saturated heterocycles. The quantitative estimate of drug-likeness (QED) is 0.660. The Morgan fingerprint density at radius 1 is 1.33 bits per heavy atom. The lowest BCUT2D eigenvalue weighted by molar-refractivity contribution is -0.134. The zero-order valence-corrected chi connectivity index (χ0v) is 11.7. The average molecular weight is 257 g/mol. The van der Waals surface area contributed by atoms with Crippen LogP contribution in [0.5, 0.6) is 0 Å². The van der Waals surface area contributed by atoms with Crippen LogP contribution in [0.25, 0.3) is 0 Å². The summed E-state index contributed by atoms with van der Waals surface area (Å²) in [7, 11) is 0. The molecule has 0 aromatic heterocycles. The second kappa shape index (κ2) is 8.45. The molecule has 1 rings (SSSR count). The van der Waals surface area contributed by atoms with Gasteiger partial charge >= 0.3 is 0 Å². The number of nitrogens with zero attached hydrogens (tertiary/aromatic N) is 2. The van der Waals surface area contributed by atoms with E-state index in [1.54, 1.807) is 0 Å². The predicted octanol–water partition coefficient (Wildman–Crippen LogP) is 0.152. The van der Waals surface area contributed by atoms with Crippen molar-refractivity contribution in [2.24, 2.45) is 11.7 Å². The number of hydrogen-bond donors (Lipinski definition) is 1. The van der Waals surface area contributed by atoms with Crippen LogP contribution in [0.15, 0.2) is 0 Å². The second-order valence-corrected chi connectivity index (χ2v) is 4.97. The number of nitrogens with two attached hydrogens (primary N) is 1. The average Bonchev–Trinajstić information content (AvgIpc) is 2.39. The first-order valence-electron chi connectivity index (χ1n) is 6.95. The molecule has 5 heteroatoms. The fraction of sp³-hybridized carbons (Fsp3) is 0.923. The Kier molecular flexibility index (Phi) is 7.23. The molecule has 0 radical (unpaired) electrons. The predicted molar refractivity (Wildman–Crippen MR) is 72.3 cm³/mol. The third-order valence-electron chi connectivity index (χ3n) is 3.36. The maximum atomic E-state index is 11.9. The highest BCUT2D eigenvalue weighted by molar-refractivity contribution is 5.76. The third-order valence-corrected chi connectivity index (χ3v) is 3.36. The van der Waals surface area contributed by atoms with Gasteiger partial charge in [0, 0.05) is 39.3 Å². The molecule has 1 atom stereocenters. The molecule has 106 valence electrons. The first-order valence-corrected chi connectivity index (χ1v) is 6.95. The van der Waals surface area contributed by atoms with E-state index in [-0.39, 0.29) is 5.91 Å². The lowest BCUT2D eigenvalue weighted by atomic mass is 10.1. The molecule has 0 bridgehead atoms. The van der Waals surface area contributed by atoms with Gasteiger partial charge in [-0.3, -0.25) is 9.69 Å². The van der Waals surface area contributed by atoms with Gasteiger partial charge in [-0.2, -0.15) is 0 Å². The van der Waals surface area contributed by atoms with Crippen molar-refractivity contribution in [2.45, 2.75) is 20.3 Å². The highest BCUT2D eigenvalue weighted by Crippen LogP contribution is 2.06. The minimum absolute atomic E-state index is 0.218. The van der Waals surface area contributed by atoms with Crippen molar-refractivity contribution in [1.29, 1.82) is 0 Å². The van der Waals surface area contributed by atoms with E-state index in [0.29, 0.717) is 25.6 Å². The van der Waals surface area contributed by atoms with Gasteiger partial charge in [-0.15, -0.1) is 0 Å². The van der Waals surface area contributed by atoms with E-state index in [9.17, 15) is 4.79 Å². The summed E-state index contributed by atoms with van der Waals surface area (Å²) in [4.78, 5) is 16.2. The number of carbonyl (C=O) groups is 1. The van der Waals surface area contributed by atoms with E-state index in [0.717, 1.165) is 39.3 Å². The Labute approximate surface area is 110 Å². The molecule has 5 nitrogen and oxygen atoms in total. The summed E-state index contributed by atoms with van der Waals surface area (Å²) >= 11 is 0. The van der Waals surface area contributed by atoms with Crippen LogP contribution >= 0.6 is 0 Å². The summed E-state index contributed by atoms with van der Waals surface area (Å²) in [6.45, 7) is 10.7. The molecule has 2 N–H and O–H groups in total. The second-order valence-electron chi connectivity index (χ2n) is 4.97. The molecule has 1 heterocycles. The molecular weight excluding hydrogens is 230 g/mol. The molecule has 1 aliphatic rings. The molecule has 0 saturated carbocycles. The van der Waals surface area contributed by atoms with Crippen molar-refractivity contribution >= 4 is 5.91 Å². The monoisotopic (exact) mass is 257 g/mol. The molecule has 1 unspecified atom stereocenters. The normalized spacial score (nSPS) is 18.9. The van der Waals surface area contributed by atoms with Crippen LogP contribution in [0.1, 0.15) is 20.3 Å². The molecule has 18 heavy (non-hydrogen) atoms. The first-order chi connectivity index (χ1) is 8.67. The van der Waals surface area contributed by atoms with Crippen molar-refractivity contribution in [1.82, 2.24) is 9.80 Å². The van der Waals surface area contributed by atoms with Crippen LogP contribution in [0, 0.1) is 5.92 Å². The number of rotatable bonds is 7. The highest BCUT2D eigenvalue weighted by Gasteiger charge is 2.21. The molecular formula is C13H27N3O2. The summed E-state index contributed by atoms with van der Waals surface area (Å²) < 4.78 is 5.21. The van der Waals surface area contributed by atoms with Crippen LogP contribution in [-0.4, -0.2) is 68.2 Å². The van der Waals surface area contributed by atoms with Crippen LogP contribution in [-0.2, 0) is 9.53 Å². The van der Waals surface area contributed by atoms with Crippen molar-refractivity contribution in [2.75, 3.05) is 52.5 Å². The van der Waals surface area contributed by atoms with Gasteiger partial charge in [0.1, 0.15) is 0 Å². The molecule has 0 spiro atoms. The summed E-state index contributed by atoms with van der Waals surface area (Å²) in [5, 5.41) is 0. The van der Waals surface area contributed by atoms with Crippen molar-refractivity contribution in [3.8, 4) is 0 Å². The van der Waals surface area contributed by atoms with Crippen molar-refractivity contribution in [3.63, 3.8) is 0 Å². The Hall–Kier alpha value is -0.650. The summed E-state index contributed by atoms with van der Waals surface area (Å²) in [6, 6.07) is 0. The highest BCUT2D eigenvalue weighted by atomic mass is 16.5. The van der Waals surface area contributed by atoms with Crippen molar-refractivity contribution in [3.05, 3.63) is 0 Å². The smallest absolute Gasteiger partial charge is 0.224 e. The SMILES string of the molecule is CCOCCC(=O)N1CCN(CC(C)CN)CC1. The maximum Gasteiger partial charge on any atom is 0.224 e. The summed E-state index contributed by atoms with van der Waals surface area (Å²) in [5.74, 6) is 0.750. The maximum absolute atomic E-state index is 11.9. The van der Waals surface area contributed by atoms with E-state index in [1.165, 1.54) is 0 Å². The van der Waals surface area contributed by atoms with Crippen LogP contribution in [0.2, 0.25) is 0 Å². The lowest BCUT2D eigenvalue weighted by Gasteiger charge is -2.35. The largest absolute Gasteiger partial charge is 0.381 e. The van der Waals surface area contributed by atoms with E-state index >= 15 is 0 Å². The Bertz CT molecular complexity index is 240. The number of carbonyl (C=O) groups excluding carboxylic acids is 1. The number of piperazine rings is 1. The molecule has 1 amide bonds. The van der Waals surface area contributed by atoms with Gasteiger partial charge in [0.05, 0.1) is 13.0 Å². The van der Waals surface area contributed by atoms with E-state index < -0.39 is 0 Å². The summed E-state index contributed by atoms with van der Waals surface area (Å²) in [6.07, 6.45) is 0.507. The van der Waals surface area contributed by atoms with Gasteiger partial charge in [-0.1, -0.05) is 6.92 Å².